The zero-order valence-electron chi connectivity index (χ0n) is 20.3. The van der Waals surface area contributed by atoms with Crippen LogP contribution in [0.5, 0.6) is 0 Å². The average molecular weight is 437 g/mol. The van der Waals surface area contributed by atoms with Gasteiger partial charge in [-0.05, 0) is 86.0 Å². The number of aromatic nitrogens is 4. The minimum Gasteiger partial charge on any atom is -0.390 e. The van der Waals surface area contributed by atoms with Crippen LogP contribution in [0.2, 0.25) is 0 Å². The fourth-order valence-electron chi connectivity index (χ4n) is 6.64. The summed E-state index contributed by atoms with van der Waals surface area (Å²) in [5.74, 6) is 3.03. The highest BCUT2D eigenvalue weighted by atomic mass is 16.3. The second kappa shape index (κ2) is 9.46. The number of rotatable bonds is 8. The van der Waals surface area contributed by atoms with Crippen molar-refractivity contribution in [3.05, 3.63) is 42.0 Å². The lowest BCUT2D eigenvalue weighted by Crippen LogP contribution is -2.36. The number of hydrogen-bond acceptors (Lipinski definition) is 4. The van der Waals surface area contributed by atoms with Crippen molar-refractivity contribution in [2.24, 2.45) is 23.2 Å². The lowest BCUT2D eigenvalue weighted by atomic mass is 9.60. The molecular formula is C27H40N4O. The van der Waals surface area contributed by atoms with Gasteiger partial charge in [0, 0.05) is 5.56 Å². The lowest BCUT2D eigenvalue weighted by molar-refractivity contribution is 0.0596. The molecule has 4 atom stereocenters. The van der Waals surface area contributed by atoms with Crippen molar-refractivity contribution in [2.75, 3.05) is 0 Å². The van der Waals surface area contributed by atoms with E-state index in [-0.39, 0.29) is 0 Å². The number of aliphatic hydroxyl groups is 1. The van der Waals surface area contributed by atoms with Crippen LogP contribution in [0.4, 0.5) is 0 Å². The average Bonchev–Trinajstić information content (AvgIpc) is 3.36. The Labute approximate surface area is 193 Å². The van der Waals surface area contributed by atoms with Gasteiger partial charge in [0.05, 0.1) is 12.1 Å². The van der Waals surface area contributed by atoms with E-state index in [0.717, 1.165) is 42.6 Å². The summed E-state index contributed by atoms with van der Waals surface area (Å²) in [7, 11) is 0. The first-order valence-electron chi connectivity index (χ1n) is 12.5. The maximum absolute atomic E-state index is 10.1. The normalized spacial score (nSPS) is 28.1. The molecule has 4 rings (SSSR count). The zero-order chi connectivity index (χ0) is 22.8. The van der Waals surface area contributed by atoms with Crippen LogP contribution in [-0.2, 0) is 6.54 Å². The van der Waals surface area contributed by atoms with Crippen molar-refractivity contribution in [3.8, 4) is 11.4 Å². The van der Waals surface area contributed by atoms with Crippen LogP contribution in [0.15, 0.2) is 42.0 Å². The zero-order valence-corrected chi connectivity index (χ0v) is 20.3. The van der Waals surface area contributed by atoms with E-state index in [9.17, 15) is 5.11 Å². The van der Waals surface area contributed by atoms with Crippen molar-refractivity contribution in [1.82, 2.24) is 20.2 Å². The van der Waals surface area contributed by atoms with E-state index in [4.69, 9.17) is 0 Å². The number of benzene rings is 1. The number of hydrogen-bond donors (Lipinski definition) is 1. The van der Waals surface area contributed by atoms with E-state index in [1.165, 1.54) is 38.5 Å². The molecule has 1 aromatic heterocycles. The minimum atomic E-state index is -0.544. The van der Waals surface area contributed by atoms with Gasteiger partial charge in [-0.3, -0.25) is 0 Å². The summed E-state index contributed by atoms with van der Waals surface area (Å²) >= 11 is 0. The van der Waals surface area contributed by atoms with Gasteiger partial charge in [-0.1, -0.05) is 68.7 Å². The van der Waals surface area contributed by atoms with Crippen molar-refractivity contribution in [1.29, 1.82) is 0 Å². The van der Waals surface area contributed by atoms with Crippen LogP contribution in [0.3, 0.4) is 0 Å². The van der Waals surface area contributed by atoms with Crippen LogP contribution in [0.1, 0.15) is 79.1 Å². The van der Waals surface area contributed by atoms with Crippen LogP contribution in [0, 0.1) is 23.2 Å². The lowest BCUT2D eigenvalue weighted by Gasteiger charge is -2.44. The van der Waals surface area contributed by atoms with Gasteiger partial charge in [-0.25, -0.2) is 4.68 Å². The molecule has 2 aromatic rings. The van der Waals surface area contributed by atoms with Gasteiger partial charge in [-0.15, -0.1) is 5.10 Å². The molecule has 0 radical (unpaired) electrons. The Morgan fingerprint density at radius 1 is 1.25 bits per heavy atom. The fourth-order valence-corrected chi connectivity index (χ4v) is 6.64. The summed E-state index contributed by atoms with van der Waals surface area (Å²) in [4.78, 5) is 0. The molecule has 2 aliphatic carbocycles. The Kier molecular flexibility index (Phi) is 6.85. The van der Waals surface area contributed by atoms with Crippen LogP contribution < -0.4 is 0 Å². The smallest absolute Gasteiger partial charge is 0.182 e. The number of fused-ring (bicyclic) bond motifs is 1. The van der Waals surface area contributed by atoms with Crippen molar-refractivity contribution in [3.63, 3.8) is 0 Å². The van der Waals surface area contributed by atoms with Crippen LogP contribution in [0.25, 0.3) is 11.4 Å². The molecule has 5 heteroatoms. The van der Waals surface area contributed by atoms with Gasteiger partial charge < -0.3 is 5.11 Å². The summed E-state index contributed by atoms with van der Waals surface area (Å²) in [5, 5.41) is 22.5. The standard InChI is InChI=1S/C27H40N4O/c1-20(10-8-17-26(2,3)32)23-14-15-24-21(13-9-18-27(23,24)4)16-19-31-25(28-29-30-31)22-11-6-5-7-12-22/h5-7,11-12,16,20,23-24,32H,8-10,13-15,17-19H2,1-4H3/b21-16+/t20-,23-,24+,27-/m1/s1. The van der Waals surface area contributed by atoms with Gasteiger partial charge in [0.15, 0.2) is 5.82 Å². The maximum Gasteiger partial charge on any atom is 0.182 e. The summed E-state index contributed by atoms with van der Waals surface area (Å²) in [6.45, 7) is 9.60. The van der Waals surface area contributed by atoms with E-state index in [2.05, 4.69) is 47.6 Å². The number of nitrogens with zero attached hydrogens (tertiary/aromatic N) is 4. The van der Waals surface area contributed by atoms with E-state index < -0.39 is 5.60 Å². The Balaban J connectivity index is 1.44. The molecule has 174 valence electrons. The van der Waals surface area contributed by atoms with Crippen molar-refractivity contribution >= 4 is 0 Å². The number of tetrazole rings is 1. The summed E-state index contributed by atoms with van der Waals surface area (Å²) in [6.07, 6.45) is 12.1. The molecular weight excluding hydrogens is 396 g/mol. The molecule has 0 unspecified atom stereocenters. The summed E-state index contributed by atoms with van der Waals surface area (Å²) < 4.78 is 1.93. The van der Waals surface area contributed by atoms with E-state index >= 15 is 0 Å². The molecule has 5 nitrogen and oxygen atoms in total. The molecule has 0 spiro atoms. The maximum atomic E-state index is 10.1. The first-order chi connectivity index (χ1) is 15.3. The highest BCUT2D eigenvalue weighted by molar-refractivity contribution is 5.53. The Morgan fingerprint density at radius 3 is 2.78 bits per heavy atom. The van der Waals surface area contributed by atoms with Gasteiger partial charge in [0.25, 0.3) is 0 Å². The number of allylic oxidation sites excluding steroid dienone is 2. The third-order valence-corrected chi connectivity index (χ3v) is 8.26. The van der Waals surface area contributed by atoms with Gasteiger partial charge >= 0.3 is 0 Å². The minimum absolute atomic E-state index is 0.404. The molecule has 2 saturated carbocycles. The molecule has 2 fully saturated rings. The molecule has 1 N–H and O–H groups in total. The van der Waals surface area contributed by atoms with Crippen LogP contribution >= 0.6 is 0 Å². The first kappa shape index (κ1) is 23.2. The Morgan fingerprint density at radius 2 is 2.03 bits per heavy atom. The van der Waals surface area contributed by atoms with Crippen molar-refractivity contribution in [2.45, 2.75) is 91.2 Å². The summed E-state index contributed by atoms with van der Waals surface area (Å²) in [5.41, 5.74) is 2.54. The first-order valence-corrected chi connectivity index (χ1v) is 12.5. The molecule has 0 amide bonds. The molecule has 0 saturated heterocycles. The fraction of sp³-hybridized carbons (Fsp3) is 0.667. The second-order valence-corrected chi connectivity index (χ2v) is 11.1. The molecule has 1 aromatic carbocycles. The predicted molar refractivity (Wildman–Crippen MR) is 129 cm³/mol. The topological polar surface area (TPSA) is 63.8 Å². The molecule has 0 bridgehead atoms. The monoisotopic (exact) mass is 436 g/mol. The van der Waals surface area contributed by atoms with E-state index in [1.807, 2.05) is 36.7 Å². The SMILES string of the molecule is C[C@H](CCCC(C)(C)O)[C@H]1CC[C@H]2/C(=C/Cn3nnnc3-c3ccccc3)CCC[C@]12C. The van der Waals surface area contributed by atoms with Crippen molar-refractivity contribution < 1.29 is 5.11 Å². The van der Waals surface area contributed by atoms with Gasteiger partial charge in [-0.2, -0.15) is 0 Å². The Bertz CT molecular complexity index is 913. The highest BCUT2D eigenvalue weighted by Crippen LogP contribution is 2.59. The van der Waals surface area contributed by atoms with Gasteiger partial charge in [0.2, 0.25) is 0 Å². The quantitative estimate of drug-likeness (QED) is 0.511. The Hall–Kier alpha value is -2.01. The summed E-state index contributed by atoms with van der Waals surface area (Å²) in [6, 6.07) is 10.2. The van der Waals surface area contributed by atoms with E-state index in [0.29, 0.717) is 11.3 Å². The predicted octanol–water partition coefficient (Wildman–Crippen LogP) is 6.06. The second-order valence-electron chi connectivity index (χ2n) is 11.1. The highest BCUT2D eigenvalue weighted by Gasteiger charge is 2.50. The molecule has 0 aliphatic heterocycles. The van der Waals surface area contributed by atoms with Crippen LogP contribution in [-0.4, -0.2) is 30.9 Å². The third kappa shape index (κ3) is 4.98. The third-order valence-electron chi connectivity index (χ3n) is 8.26. The van der Waals surface area contributed by atoms with Gasteiger partial charge in [0.1, 0.15) is 0 Å². The molecule has 2 aliphatic rings. The molecule has 1 heterocycles. The molecule has 32 heavy (non-hydrogen) atoms. The van der Waals surface area contributed by atoms with E-state index in [1.54, 1.807) is 5.57 Å². The largest absolute Gasteiger partial charge is 0.390 e.